The lowest BCUT2D eigenvalue weighted by atomic mass is 10.1. The molecular weight excluding hydrogens is 284 g/mol. The Morgan fingerprint density at radius 2 is 2.18 bits per heavy atom. The van der Waals surface area contributed by atoms with Gasteiger partial charge in [0.2, 0.25) is 0 Å². The first kappa shape index (κ1) is 13.9. The first-order chi connectivity index (χ1) is 10.6. The fourth-order valence-electron chi connectivity index (χ4n) is 2.25. The highest BCUT2D eigenvalue weighted by Gasteiger charge is 2.13. The first-order valence-electron chi connectivity index (χ1n) is 6.61. The van der Waals surface area contributed by atoms with Crippen LogP contribution in [0.15, 0.2) is 41.5 Å². The average molecular weight is 298 g/mol. The fraction of sp³-hybridized carbons (Fsp3) is 0.133. The third-order valence-electron chi connectivity index (χ3n) is 3.36. The number of benzene rings is 1. The summed E-state index contributed by atoms with van der Waals surface area (Å²) in [5.41, 5.74) is 2.06. The Hall–Kier alpha value is -3.09. The fourth-order valence-corrected chi connectivity index (χ4v) is 2.25. The predicted molar refractivity (Wildman–Crippen MR) is 81.2 cm³/mol. The third kappa shape index (κ3) is 2.22. The van der Waals surface area contributed by atoms with Crippen LogP contribution in [0.25, 0.3) is 16.9 Å². The number of aromatic amines is 1. The molecule has 0 bridgehead atoms. The number of H-pyrrole nitrogens is 1. The van der Waals surface area contributed by atoms with E-state index in [4.69, 9.17) is 4.74 Å². The second-order valence-corrected chi connectivity index (χ2v) is 4.63. The number of carbonyl (C=O) groups excluding carboxylic acids is 1. The SMILES string of the molecule is CNC(=O)c1ccc(-c2cn3c(=O)[nH]ccc3n2)c(OC)c1. The van der Waals surface area contributed by atoms with Crippen LogP contribution in [-0.4, -0.2) is 34.4 Å². The summed E-state index contributed by atoms with van der Waals surface area (Å²) in [5.74, 6) is 0.317. The molecule has 7 nitrogen and oxygen atoms in total. The van der Waals surface area contributed by atoms with Crippen LogP contribution in [0.3, 0.4) is 0 Å². The molecule has 1 aromatic carbocycles. The molecule has 2 N–H and O–H groups in total. The van der Waals surface area contributed by atoms with Crippen molar-refractivity contribution in [3.63, 3.8) is 0 Å². The van der Waals surface area contributed by atoms with Crippen LogP contribution < -0.4 is 15.7 Å². The summed E-state index contributed by atoms with van der Waals surface area (Å²) in [6, 6.07) is 6.78. The molecule has 0 unspecified atom stereocenters. The van der Waals surface area contributed by atoms with E-state index in [1.807, 2.05) is 0 Å². The number of nitrogens with one attached hydrogen (secondary N) is 2. The normalized spacial score (nSPS) is 10.6. The van der Waals surface area contributed by atoms with Gasteiger partial charge in [0, 0.05) is 30.6 Å². The number of imidazole rings is 1. The number of nitrogens with zero attached hydrogens (tertiary/aromatic N) is 2. The molecule has 0 fully saturated rings. The number of hydrogen-bond acceptors (Lipinski definition) is 4. The summed E-state index contributed by atoms with van der Waals surface area (Å²) in [4.78, 5) is 30.4. The molecule has 0 saturated heterocycles. The van der Waals surface area contributed by atoms with E-state index in [2.05, 4.69) is 15.3 Å². The summed E-state index contributed by atoms with van der Waals surface area (Å²) in [6.45, 7) is 0. The van der Waals surface area contributed by atoms with Crippen molar-refractivity contribution < 1.29 is 9.53 Å². The van der Waals surface area contributed by atoms with E-state index in [-0.39, 0.29) is 11.6 Å². The van der Waals surface area contributed by atoms with Crippen molar-refractivity contribution in [1.82, 2.24) is 19.7 Å². The van der Waals surface area contributed by atoms with Crippen LogP contribution in [0.5, 0.6) is 5.75 Å². The van der Waals surface area contributed by atoms with Crippen LogP contribution in [-0.2, 0) is 0 Å². The molecule has 112 valence electrons. The van der Waals surface area contributed by atoms with Gasteiger partial charge in [0.15, 0.2) is 0 Å². The lowest BCUT2D eigenvalue weighted by molar-refractivity contribution is 0.0963. The summed E-state index contributed by atoms with van der Waals surface area (Å²) < 4.78 is 6.76. The Bertz CT molecular complexity index is 911. The molecule has 1 amide bonds. The molecule has 0 aliphatic rings. The number of rotatable bonds is 3. The Kier molecular flexibility index (Phi) is 3.38. The molecule has 3 rings (SSSR count). The van der Waals surface area contributed by atoms with Gasteiger partial charge in [-0.1, -0.05) is 0 Å². The van der Waals surface area contributed by atoms with Gasteiger partial charge in [0.05, 0.1) is 12.8 Å². The van der Waals surface area contributed by atoms with E-state index in [1.165, 1.54) is 11.5 Å². The third-order valence-corrected chi connectivity index (χ3v) is 3.36. The molecule has 0 saturated carbocycles. The highest BCUT2D eigenvalue weighted by Crippen LogP contribution is 2.30. The van der Waals surface area contributed by atoms with E-state index >= 15 is 0 Å². The van der Waals surface area contributed by atoms with Gasteiger partial charge in [-0.15, -0.1) is 0 Å². The van der Waals surface area contributed by atoms with Gasteiger partial charge in [0.25, 0.3) is 5.91 Å². The summed E-state index contributed by atoms with van der Waals surface area (Å²) in [7, 11) is 3.09. The maximum Gasteiger partial charge on any atom is 0.331 e. The average Bonchev–Trinajstić information content (AvgIpc) is 2.99. The van der Waals surface area contributed by atoms with Gasteiger partial charge >= 0.3 is 5.69 Å². The Balaban J connectivity index is 2.15. The van der Waals surface area contributed by atoms with Crippen molar-refractivity contribution in [1.29, 1.82) is 0 Å². The van der Waals surface area contributed by atoms with Crippen molar-refractivity contribution in [3.8, 4) is 17.0 Å². The number of hydrogen-bond donors (Lipinski definition) is 2. The van der Waals surface area contributed by atoms with Crippen molar-refractivity contribution >= 4 is 11.6 Å². The van der Waals surface area contributed by atoms with Gasteiger partial charge in [-0.05, 0) is 24.3 Å². The number of fused-ring (bicyclic) bond motifs is 1. The molecule has 7 heteroatoms. The monoisotopic (exact) mass is 298 g/mol. The Labute approximate surface area is 125 Å². The number of aromatic nitrogens is 3. The van der Waals surface area contributed by atoms with Gasteiger partial charge in [0.1, 0.15) is 11.4 Å². The number of methoxy groups -OCH3 is 1. The van der Waals surface area contributed by atoms with E-state index < -0.39 is 0 Å². The Morgan fingerprint density at radius 3 is 2.86 bits per heavy atom. The summed E-state index contributed by atoms with van der Waals surface area (Å²) in [6.07, 6.45) is 3.17. The van der Waals surface area contributed by atoms with Crippen molar-refractivity contribution in [2.45, 2.75) is 0 Å². The van der Waals surface area contributed by atoms with E-state index in [0.29, 0.717) is 28.2 Å². The molecule has 3 aromatic rings. The second-order valence-electron chi connectivity index (χ2n) is 4.63. The molecule has 0 atom stereocenters. The van der Waals surface area contributed by atoms with Gasteiger partial charge < -0.3 is 15.0 Å². The molecule has 2 heterocycles. The lowest BCUT2D eigenvalue weighted by Gasteiger charge is -2.08. The molecular formula is C15H14N4O3. The Morgan fingerprint density at radius 1 is 1.36 bits per heavy atom. The van der Waals surface area contributed by atoms with Crippen molar-refractivity contribution in [2.24, 2.45) is 0 Å². The molecule has 0 aliphatic carbocycles. The minimum absolute atomic E-state index is 0.198. The smallest absolute Gasteiger partial charge is 0.331 e. The van der Waals surface area contributed by atoms with Crippen molar-refractivity contribution in [3.05, 3.63) is 52.7 Å². The first-order valence-corrected chi connectivity index (χ1v) is 6.61. The van der Waals surface area contributed by atoms with Crippen LogP contribution in [0, 0.1) is 0 Å². The van der Waals surface area contributed by atoms with Gasteiger partial charge in [-0.3, -0.25) is 9.20 Å². The van der Waals surface area contributed by atoms with Crippen LogP contribution in [0.2, 0.25) is 0 Å². The quantitative estimate of drug-likeness (QED) is 0.756. The van der Waals surface area contributed by atoms with Gasteiger partial charge in [-0.2, -0.15) is 0 Å². The second kappa shape index (κ2) is 5.36. The summed E-state index contributed by atoms with van der Waals surface area (Å²) >= 11 is 0. The zero-order valence-corrected chi connectivity index (χ0v) is 12.1. The minimum Gasteiger partial charge on any atom is -0.496 e. The van der Waals surface area contributed by atoms with Crippen LogP contribution in [0.4, 0.5) is 0 Å². The zero-order valence-electron chi connectivity index (χ0n) is 12.1. The molecule has 0 radical (unpaired) electrons. The standard InChI is InChI=1S/C15H14N4O3/c1-16-14(20)9-3-4-10(12(7-9)22-2)11-8-19-13(18-11)5-6-17-15(19)21/h3-8H,1-2H3,(H,16,20)(H,17,21). The van der Waals surface area contributed by atoms with Crippen LogP contribution >= 0.6 is 0 Å². The maximum absolute atomic E-state index is 11.7. The molecule has 0 spiro atoms. The maximum atomic E-state index is 11.7. The van der Waals surface area contributed by atoms with Crippen molar-refractivity contribution in [2.75, 3.05) is 14.2 Å². The number of amides is 1. The lowest BCUT2D eigenvalue weighted by Crippen LogP contribution is -2.17. The predicted octanol–water partition coefficient (Wildman–Crippen LogP) is 1.06. The number of ether oxygens (including phenoxy) is 1. The van der Waals surface area contributed by atoms with Gasteiger partial charge in [-0.25, -0.2) is 9.78 Å². The zero-order chi connectivity index (χ0) is 15.7. The van der Waals surface area contributed by atoms with E-state index in [0.717, 1.165) is 0 Å². The topological polar surface area (TPSA) is 88.5 Å². The number of carbonyl (C=O) groups is 1. The summed E-state index contributed by atoms with van der Waals surface area (Å²) in [5, 5.41) is 2.56. The largest absolute Gasteiger partial charge is 0.496 e. The minimum atomic E-state index is -0.266. The molecule has 0 aliphatic heterocycles. The molecule has 2 aromatic heterocycles. The highest BCUT2D eigenvalue weighted by atomic mass is 16.5. The molecule has 22 heavy (non-hydrogen) atoms. The highest BCUT2D eigenvalue weighted by molar-refractivity contribution is 5.95. The van der Waals surface area contributed by atoms with E-state index in [1.54, 1.807) is 43.7 Å². The van der Waals surface area contributed by atoms with Crippen LogP contribution in [0.1, 0.15) is 10.4 Å². The van der Waals surface area contributed by atoms with E-state index in [9.17, 15) is 9.59 Å².